The minimum Gasteiger partial charge on any atom is -0.460 e. The van der Waals surface area contributed by atoms with Crippen molar-refractivity contribution in [3.05, 3.63) is 23.6 Å². The zero-order valence-electron chi connectivity index (χ0n) is 21.3. The molecule has 1 aromatic heterocycles. The molecule has 0 saturated carbocycles. The Bertz CT molecular complexity index is 729. The molecule has 0 aromatic carbocycles. The van der Waals surface area contributed by atoms with Gasteiger partial charge in [-0.15, -0.1) is 0 Å². The van der Waals surface area contributed by atoms with Crippen molar-refractivity contribution in [3.8, 4) is 0 Å². The number of hydrogen-bond donors (Lipinski definition) is 0. The summed E-state index contributed by atoms with van der Waals surface area (Å²) in [6, 6.07) is 0. The molecular formula is C27H45NO4. The Labute approximate surface area is 195 Å². The first-order chi connectivity index (χ1) is 15.1. The highest BCUT2D eigenvalue weighted by Crippen LogP contribution is 2.44. The lowest BCUT2D eigenvalue weighted by atomic mass is 9.79. The van der Waals surface area contributed by atoms with Gasteiger partial charge in [-0.25, -0.2) is 0 Å². The molecule has 1 heterocycles. The SMILES string of the molecule is C=C1CCC(CCC(C)C)c2onc([C@@H](CCCOCCCC)CC(=O)OC(C)(C)C)c21. The molecule has 0 radical (unpaired) electrons. The molecule has 0 bridgehead atoms. The van der Waals surface area contributed by atoms with Gasteiger partial charge in [0.15, 0.2) is 0 Å². The largest absolute Gasteiger partial charge is 0.460 e. The number of fused-ring (bicyclic) bond motifs is 1. The first kappa shape index (κ1) is 26.6. The van der Waals surface area contributed by atoms with Crippen LogP contribution < -0.4 is 0 Å². The topological polar surface area (TPSA) is 61.6 Å². The van der Waals surface area contributed by atoms with E-state index in [0.29, 0.717) is 24.9 Å². The van der Waals surface area contributed by atoms with E-state index in [2.05, 4.69) is 32.5 Å². The summed E-state index contributed by atoms with van der Waals surface area (Å²) in [4.78, 5) is 12.7. The second kappa shape index (κ2) is 12.6. The highest BCUT2D eigenvalue weighted by molar-refractivity contribution is 5.73. The maximum atomic E-state index is 12.7. The summed E-state index contributed by atoms with van der Waals surface area (Å²) in [5.41, 5.74) is 2.55. The Morgan fingerprint density at radius 1 is 1.22 bits per heavy atom. The molecule has 0 spiro atoms. The van der Waals surface area contributed by atoms with Gasteiger partial charge in [-0.2, -0.15) is 0 Å². The summed E-state index contributed by atoms with van der Waals surface area (Å²) < 4.78 is 17.3. The van der Waals surface area contributed by atoms with Crippen molar-refractivity contribution in [2.45, 2.75) is 117 Å². The zero-order chi connectivity index (χ0) is 23.7. The molecule has 1 aliphatic carbocycles. The number of ether oxygens (including phenoxy) is 2. The van der Waals surface area contributed by atoms with Crippen molar-refractivity contribution < 1.29 is 18.8 Å². The standard InChI is InChI=1S/C27H45NO4/c1-8-9-16-30-17-10-11-22(18-23(29)31-27(5,6)7)25-24-20(4)13-15-21(14-12-19(2)3)26(24)32-28-25/h19,21-22H,4,8-18H2,1-3,5-7H3/t21?,22-/m0/s1. The number of carbonyl (C=O) groups excluding carboxylic acids is 1. The van der Waals surface area contributed by atoms with E-state index >= 15 is 0 Å². The molecule has 1 aliphatic rings. The van der Waals surface area contributed by atoms with Crippen LogP contribution in [-0.4, -0.2) is 29.9 Å². The van der Waals surface area contributed by atoms with Crippen LogP contribution in [0.25, 0.3) is 5.57 Å². The Hall–Kier alpha value is -1.62. The molecule has 0 N–H and O–H groups in total. The number of hydrogen-bond acceptors (Lipinski definition) is 5. The molecule has 0 fully saturated rings. The lowest BCUT2D eigenvalue weighted by molar-refractivity contribution is -0.155. The van der Waals surface area contributed by atoms with E-state index in [0.717, 1.165) is 74.1 Å². The Balaban J connectivity index is 2.18. The van der Waals surface area contributed by atoms with Crippen molar-refractivity contribution in [2.75, 3.05) is 13.2 Å². The van der Waals surface area contributed by atoms with E-state index in [1.807, 2.05) is 20.8 Å². The molecule has 1 unspecified atom stereocenters. The van der Waals surface area contributed by atoms with E-state index < -0.39 is 5.60 Å². The molecule has 0 amide bonds. The first-order valence-electron chi connectivity index (χ1n) is 12.6. The van der Waals surface area contributed by atoms with Crippen LogP contribution >= 0.6 is 0 Å². The molecule has 5 heteroatoms. The number of rotatable bonds is 13. The van der Waals surface area contributed by atoms with Gasteiger partial charge in [-0.1, -0.05) is 45.3 Å². The van der Waals surface area contributed by atoms with Crippen LogP contribution in [0.4, 0.5) is 0 Å². The summed E-state index contributed by atoms with van der Waals surface area (Å²) in [6.45, 7) is 18.2. The second-order valence-corrected chi connectivity index (χ2v) is 10.7. The van der Waals surface area contributed by atoms with Gasteiger partial charge in [0, 0.05) is 30.6 Å². The predicted molar refractivity (Wildman–Crippen MR) is 130 cm³/mol. The van der Waals surface area contributed by atoms with Crippen molar-refractivity contribution in [1.29, 1.82) is 0 Å². The third kappa shape index (κ3) is 8.38. The van der Waals surface area contributed by atoms with Gasteiger partial charge in [0.1, 0.15) is 11.4 Å². The number of nitrogens with zero attached hydrogens (tertiary/aromatic N) is 1. The molecule has 32 heavy (non-hydrogen) atoms. The van der Waals surface area contributed by atoms with Crippen molar-refractivity contribution >= 4 is 11.5 Å². The van der Waals surface area contributed by atoms with Gasteiger partial charge in [-0.05, 0) is 70.8 Å². The quantitative estimate of drug-likeness (QED) is 0.233. The number of aromatic nitrogens is 1. The smallest absolute Gasteiger partial charge is 0.306 e. The summed E-state index contributed by atoms with van der Waals surface area (Å²) in [7, 11) is 0. The number of unbranched alkanes of at least 4 members (excludes halogenated alkanes) is 1. The van der Waals surface area contributed by atoms with Crippen LogP contribution in [0.5, 0.6) is 0 Å². The van der Waals surface area contributed by atoms with Gasteiger partial charge in [0.05, 0.1) is 12.1 Å². The fourth-order valence-electron chi connectivity index (χ4n) is 4.34. The van der Waals surface area contributed by atoms with Crippen molar-refractivity contribution in [1.82, 2.24) is 5.16 Å². The van der Waals surface area contributed by atoms with Gasteiger partial charge < -0.3 is 14.0 Å². The molecule has 0 aliphatic heterocycles. The molecule has 5 nitrogen and oxygen atoms in total. The zero-order valence-corrected chi connectivity index (χ0v) is 21.3. The molecule has 182 valence electrons. The van der Waals surface area contributed by atoms with E-state index in [4.69, 9.17) is 14.0 Å². The number of carbonyl (C=O) groups is 1. The van der Waals surface area contributed by atoms with Crippen LogP contribution in [0.1, 0.15) is 128 Å². The average molecular weight is 448 g/mol. The number of allylic oxidation sites excluding steroid dienone is 1. The molecule has 1 aromatic rings. The van der Waals surface area contributed by atoms with Gasteiger partial charge >= 0.3 is 5.97 Å². The van der Waals surface area contributed by atoms with E-state index in [9.17, 15) is 4.79 Å². The Morgan fingerprint density at radius 2 is 1.94 bits per heavy atom. The second-order valence-electron chi connectivity index (χ2n) is 10.7. The average Bonchev–Trinajstić information content (AvgIpc) is 3.14. The Kier molecular flexibility index (Phi) is 10.5. The fourth-order valence-corrected chi connectivity index (χ4v) is 4.34. The monoisotopic (exact) mass is 447 g/mol. The number of esters is 1. The predicted octanol–water partition coefficient (Wildman–Crippen LogP) is 7.41. The third-order valence-corrected chi connectivity index (χ3v) is 6.06. The van der Waals surface area contributed by atoms with E-state index in [1.54, 1.807) is 0 Å². The Morgan fingerprint density at radius 3 is 2.59 bits per heavy atom. The van der Waals surface area contributed by atoms with E-state index in [-0.39, 0.29) is 11.9 Å². The maximum Gasteiger partial charge on any atom is 0.306 e. The first-order valence-corrected chi connectivity index (χ1v) is 12.6. The fraction of sp³-hybridized carbons (Fsp3) is 0.778. The van der Waals surface area contributed by atoms with Crippen LogP contribution in [0.15, 0.2) is 11.1 Å². The van der Waals surface area contributed by atoms with Gasteiger partial charge in [0.2, 0.25) is 0 Å². The molecule has 2 atom stereocenters. The highest BCUT2D eigenvalue weighted by Gasteiger charge is 2.34. The van der Waals surface area contributed by atoms with Gasteiger partial charge in [0.25, 0.3) is 0 Å². The summed E-state index contributed by atoms with van der Waals surface area (Å²) in [5.74, 6) is 1.79. The summed E-state index contributed by atoms with van der Waals surface area (Å²) in [6.07, 6.45) is 8.50. The molecule has 2 rings (SSSR count). The highest BCUT2D eigenvalue weighted by atomic mass is 16.6. The van der Waals surface area contributed by atoms with Crippen molar-refractivity contribution in [3.63, 3.8) is 0 Å². The summed E-state index contributed by atoms with van der Waals surface area (Å²) >= 11 is 0. The molecular weight excluding hydrogens is 402 g/mol. The van der Waals surface area contributed by atoms with Crippen LogP contribution in [0.2, 0.25) is 0 Å². The normalized spacial score (nSPS) is 17.5. The maximum absolute atomic E-state index is 12.7. The third-order valence-electron chi connectivity index (χ3n) is 6.06. The lowest BCUT2D eigenvalue weighted by Gasteiger charge is -2.25. The van der Waals surface area contributed by atoms with Crippen molar-refractivity contribution in [2.24, 2.45) is 5.92 Å². The van der Waals surface area contributed by atoms with Crippen LogP contribution in [0, 0.1) is 5.92 Å². The van der Waals surface area contributed by atoms with Crippen LogP contribution in [0.3, 0.4) is 0 Å². The van der Waals surface area contributed by atoms with E-state index in [1.165, 1.54) is 6.42 Å². The minimum atomic E-state index is -0.500. The van der Waals surface area contributed by atoms with Crippen LogP contribution in [-0.2, 0) is 14.3 Å². The summed E-state index contributed by atoms with van der Waals surface area (Å²) in [5, 5.41) is 4.52. The minimum absolute atomic E-state index is 0.0484. The lowest BCUT2D eigenvalue weighted by Crippen LogP contribution is -2.25. The van der Waals surface area contributed by atoms with Gasteiger partial charge in [-0.3, -0.25) is 4.79 Å². The molecule has 0 saturated heterocycles.